The molecule has 2 aromatic rings. The van der Waals surface area contributed by atoms with Gasteiger partial charge in [-0.2, -0.15) is 0 Å². The zero-order valence-electron chi connectivity index (χ0n) is 22.8. The second kappa shape index (κ2) is 11.1. The number of carbonyl (C=O) groups is 3. The highest BCUT2D eigenvalue weighted by atomic mass is 16.5. The predicted octanol–water partition coefficient (Wildman–Crippen LogP) is 3.72. The summed E-state index contributed by atoms with van der Waals surface area (Å²) < 4.78 is 5.65. The van der Waals surface area contributed by atoms with E-state index in [0.29, 0.717) is 24.3 Å². The van der Waals surface area contributed by atoms with Crippen LogP contribution in [0, 0.1) is 36.5 Å². The molecule has 0 spiro atoms. The summed E-state index contributed by atoms with van der Waals surface area (Å²) in [7, 11) is 0. The van der Waals surface area contributed by atoms with Gasteiger partial charge in [0.05, 0.1) is 18.8 Å². The Morgan fingerprint density at radius 3 is 2.67 bits per heavy atom. The van der Waals surface area contributed by atoms with Crippen molar-refractivity contribution in [2.75, 3.05) is 19.7 Å². The number of benzene rings is 1. The van der Waals surface area contributed by atoms with Crippen molar-refractivity contribution in [2.24, 2.45) is 5.92 Å². The van der Waals surface area contributed by atoms with Gasteiger partial charge in [-0.3, -0.25) is 24.8 Å². The molecule has 0 bridgehead atoms. The van der Waals surface area contributed by atoms with Crippen molar-refractivity contribution in [1.82, 2.24) is 20.1 Å². The number of imide groups is 1. The first-order chi connectivity index (χ1) is 19.4. The van der Waals surface area contributed by atoms with E-state index in [9.17, 15) is 14.4 Å². The lowest BCUT2D eigenvalue weighted by Crippen LogP contribution is -2.61. The molecule has 1 aromatic carbocycles. The van der Waals surface area contributed by atoms with Crippen LogP contribution in [-0.2, 0) is 11.3 Å². The van der Waals surface area contributed by atoms with Gasteiger partial charge in [0.25, 0.3) is 11.8 Å². The molecule has 3 heterocycles. The van der Waals surface area contributed by atoms with E-state index in [2.05, 4.69) is 34.0 Å². The number of allylic oxidation sites excluding steroid dienone is 3. The summed E-state index contributed by atoms with van der Waals surface area (Å²) in [4.78, 5) is 48.0. The predicted molar refractivity (Wildman–Crippen MR) is 151 cm³/mol. The van der Waals surface area contributed by atoms with Crippen molar-refractivity contribution in [3.8, 4) is 29.4 Å². The van der Waals surface area contributed by atoms with Gasteiger partial charge in [-0.25, -0.2) is 4.79 Å². The molecule has 0 radical (unpaired) electrons. The Hall–Kier alpha value is -4.82. The number of ether oxygens (including phenoxy) is 1. The van der Waals surface area contributed by atoms with Crippen LogP contribution in [0.25, 0.3) is 5.57 Å². The molecule has 2 atom stereocenters. The second-order valence-corrected chi connectivity index (χ2v) is 9.97. The van der Waals surface area contributed by atoms with E-state index < -0.39 is 17.5 Å². The summed E-state index contributed by atoms with van der Waals surface area (Å²) in [6.45, 7) is 6.09. The number of pyridine rings is 1. The Labute approximate surface area is 234 Å². The van der Waals surface area contributed by atoms with E-state index in [1.807, 2.05) is 49.4 Å². The van der Waals surface area contributed by atoms with Crippen LogP contribution in [-0.4, -0.2) is 57.9 Å². The lowest BCUT2D eigenvalue weighted by Gasteiger charge is -2.42. The molecule has 2 unspecified atom stereocenters. The third-order valence-electron chi connectivity index (χ3n) is 7.56. The fourth-order valence-corrected chi connectivity index (χ4v) is 5.49. The number of hydrogen-bond acceptors (Lipinski definition) is 5. The lowest BCUT2D eigenvalue weighted by molar-refractivity contribution is -0.129. The van der Waals surface area contributed by atoms with E-state index in [1.54, 1.807) is 31.0 Å². The molecule has 4 amide bonds. The zero-order chi connectivity index (χ0) is 28.3. The summed E-state index contributed by atoms with van der Waals surface area (Å²) in [6, 6.07) is 8.83. The van der Waals surface area contributed by atoms with E-state index in [1.165, 1.54) is 4.90 Å². The number of aromatic nitrogens is 1. The minimum Gasteiger partial charge on any atom is -0.481 e. The van der Waals surface area contributed by atoms with Crippen LogP contribution >= 0.6 is 0 Å². The number of fused-ring (bicyclic) bond motifs is 1. The van der Waals surface area contributed by atoms with E-state index in [0.717, 1.165) is 22.4 Å². The van der Waals surface area contributed by atoms with Crippen molar-refractivity contribution in [1.29, 1.82) is 0 Å². The summed E-state index contributed by atoms with van der Waals surface area (Å²) >= 11 is 0. The van der Waals surface area contributed by atoms with Crippen LogP contribution in [0.4, 0.5) is 4.79 Å². The van der Waals surface area contributed by atoms with E-state index in [-0.39, 0.29) is 31.5 Å². The van der Waals surface area contributed by atoms with Gasteiger partial charge < -0.3 is 9.64 Å². The fraction of sp³-hybridized carbons (Fsp3) is 0.312. The molecule has 40 heavy (non-hydrogen) atoms. The maximum atomic E-state index is 13.7. The van der Waals surface area contributed by atoms with Gasteiger partial charge >= 0.3 is 6.03 Å². The highest BCUT2D eigenvalue weighted by Crippen LogP contribution is 2.40. The number of amides is 4. The lowest BCUT2D eigenvalue weighted by atomic mass is 9.76. The van der Waals surface area contributed by atoms with Crippen molar-refractivity contribution in [3.63, 3.8) is 0 Å². The van der Waals surface area contributed by atoms with Crippen LogP contribution in [0.3, 0.4) is 0 Å². The Balaban J connectivity index is 1.46. The molecule has 1 fully saturated rings. The van der Waals surface area contributed by atoms with E-state index in [4.69, 9.17) is 4.74 Å². The normalized spacial score (nSPS) is 21.2. The van der Waals surface area contributed by atoms with Crippen molar-refractivity contribution >= 4 is 23.4 Å². The Morgan fingerprint density at radius 2 is 1.95 bits per heavy atom. The maximum absolute atomic E-state index is 13.7. The number of urea groups is 1. The van der Waals surface area contributed by atoms with Gasteiger partial charge in [-0.05, 0) is 68.2 Å². The zero-order valence-corrected chi connectivity index (χ0v) is 22.8. The Bertz CT molecular complexity index is 1570. The summed E-state index contributed by atoms with van der Waals surface area (Å²) in [5, 5.41) is 2.50. The molecular formula is C32H30N4O4. The van der Waals surface area contributed by atoms with E-state index >= 15 is 0 Å². The Morgan fingerprint density at radius 1 is 1.12 bits per heavy atom. The molecule has 1 saturated heterocycles. The standard InChI is InChI=1S/C32H30N4O4/c1-4-6-16-36-31(39)34-30(38)32(36,25-11-8-23(9-12-25)28-18-22(3)14-15-33-28)21-35-20-24-10-13-26(40-17-7-5-2)19-27(24)29(35)37/h8-11,13-15,18-19,25H,12,16-17,20-21H2,1-3H3,(H,34,38,39). The molecule has 5 rings (SSSR count). The number of hydrogen-bond donors (Lipinski definition) is 1. The maximum Gasteiger partial charge on any atom is 0.325 e. The van der Waals surface area contributed by atoms with Crippen molar-refractivity contribution in [2.45, 2.75) is 39.3 Å². The molecule has 1 aromatic heterocycles. The molecular weight excluding hydrogens is 504 g/mol. The minimum absolute atomic E-state index is 0.0296. The third kappa shape index (κ3) is 4.85. The number of carbonyl (C=O) groups excluding carboxylic acids is 3. The van der Waals surface area contributed by atoms with Crippen LogP contribution < -0.4 is 10.1 Å². The largest absolute Gasteiger partial charge is 0.481 e. The topological polar surface area (TPSA) is 91.8 Å². The molecule has 0 saturated carbocycles. The molecule has 8 heteroatoms. The number of rotatable bonds is 7. The van der Waals surface area contributed by atoms with Crippen LogP contribution in [0.15, 0.2) is 54.8 Å². The van der Waals surface area contributed by atoms with Gasteiger partial charge in [-0.15, -0.1) is 11.8 Å². The molecule has 2 aliphatic heterocycles. The highest BCUT2D eigenvalue weighted by Gasteiger charge is 2.58. The summed E-state index contributed by atoms with van der Waals surface area (Å²) in [5.41, 5.74) is 2.93. The second-order valence-electron chi connectivity index (χ2n) is 9.97. The smallest absolute Gasteiger partial charge is 0.325 e. The van der Waals surface area contributed by atoms with Gasteiger partial charge in [0.1, 0.15) is 17.9 Å². The van der Waals surface area contributed by atoms with Crippen molar-refractivity contribution < 1.29 is 19.1 Å². The first kappa shape index (κ1) is 26.8. The number of nitrogens with one attached hydrogen (secondary N) is 1. The molecule has 1 aliphatic carbocycles. The van der Waals surface area contributed by atoms with Gasteiger partial charge in [-0.1, -0.05) is 36.1 Å². The average Bonchev–Trinajstić information content (AvgIpc) is 3.39. The SMILES string of the molecule is CC#CCOc1ccc2c(c1)C(=O)N(CC1(C3C=CC(c4cc(C)ccn4)=CC3)C(=O)NC(=O)N1CC#CC)C2. The molecule has 1 N–H and O–H groups in total. The molecule has 3 aliphatic rings. The number of aryl methyl sites for hydroxylation is 1. The summed E-state index contributed by atoms with van der Waals surface area (Å²) in [5.74, 6) is 10.9. The monoisotopic (exact) mass is 534 g/mol. The average molecular weight is 535 g/mol. The van der Waals surface area contributed by atoms with Crippen LogP contribution in [0.5, 0.6) is 5.75 Å². The van der Waals surface area contributed by atoms with Gasteiger partial charge in [0, 0.05) is 24.2 Å². The Kier molecular flexibility index (Phi) is 7.44. The van der Waals surface area contributed by atoms with Crippen LogP contribution in [0.1, 0.15) is 47.4 Å². The van der Waals surface area contributed by atoms with Gasteiger partial charge in [0.15, 0.2) is 0 Å². The summed E-state index contributed by atoms with van der Waals surface area (Å²) in [6.07, 6.45) is 8.20. The first-order valence-electron chi connectivity index (χ1n) is 13.2. The fourth-order valence-electron chi connectivity index (χ4n) is 5.49. The number of nitrogens with zero attached hydrogens (tertiary/aromatic N) is 3. The van der Waals surface area contributed by atoms with Gasteiger partial charge in [0.2, 0.25) is 0 Å². The highest BCUT2D eigenvalue weighted by molar-refractivity contribution is 6.08. The molecule has 202 valence electrons. The quantitative estimate of drug-likeness (QED) is 0.432. The third-order valence-corrected chi connectivity index (χ3v) is 7.56. The minimum atomic E-state index is -1.33. The molecule has 8 nitrogen and oxygen atoms in total. The van der Waals surface area contributed by atoms with Crippen LogP contribution in [0.2, 0.25) is 0 Å². The first-order valence-corrected chi connectivity index (χ1v) is 13.2. The van der Waals surface area contributed by atoms with Crippen molar-refractivity contribution in [3.05, 3.63) is 77.1 Å².